The van der Waals surface area contributed by atoms with Gasteiger partial charge in [0.25, 0.3) is 0 Å². The van der Waals surface area contributed by atoms with Gasteiger partial charge in [-0.25, -0.2) is 9.37 Å². The average Bonchev–Trinajstić information content (AvgIpc) is 2.83. The van der Waals surface area contributed by atoms with Crippen LogP contribution in [0, 0.1) is 17.1 Å². The minimum absolute atomic E-state index is 0.303. The zero-order valence-corrected chi connectivity index (χ0v) is 10.6. The Morgan fingerprint density at radius 2 is 2.16 bits per heavy atom. The SMILES string of the molecule is N#Cc1ccc(F)cc1Cn1cnc2c1CCCC2. The number of nitriles is 1. The van der Waals surface area contributed by atoms with E-state index < -0.39 is 0 Å². The summed E-state index contributed by atoms with van der Waals surface area (Å²) in [6.45, 7) is 0.517. The van der Waals surface area contributed by atoms with Gasteiger partial charge < -0.3 is 4.57 Å². The molecule has 3 nitrogen and oxygen atoms in total. The van der Waals surface area contributed by atoms with E-state index in [1.165, 1.54) is 36.7 Å². The van der Waals surface area contributed by atoms with Gasteiger partial charge in [0.2, 0.25) is 0 Å². The van der Waals surface area contributed by atoms with E-state index in [1.807, 2.05) is 10.9 Å². The molecule has 1 aliphatic carbocycles. The van der Waals surface area contributed by atoms with E-state index in [9.17, 15) is 4.39 Å². The maximum absolute atomic E-state index is 13.3. The predicted molar refractivity (Wildman–Crippen MR) is 69.1 cm³/mol. The molecule has 2 aromatic rings. The molecule has 0 N–H and O–H groups in total. The monoisotopic (exact) mass is 255 g/mol. The summed E-state index contributed by atoms with van der Waals surface area (Å²) >= 11 is 0. The molecule has 0 atom stereocenters. The molecule has 0 unspecified atom stereocenters. The molecule has 0 saturated carbocycles. The second-order valence-corrected chi connectivity index (χ2v) is 4.89. The van der Waals surface area contributed by atoms with Gasteiger partial charge in [-0.3, -0.25) is 0 Å². The van der Waals surface area contributed by atoms with Crippen LogP contribution in [0.1, 0.15) is 35.4 Å². The minimum Gasteiger partial charge on any atom is -0.330 e. The zero-order valence-electron chi connectivity index (χ0n) is 10.6. The molecule has 0 amide bonds. The Balaban J connectivity index is 1.96. The number of benzene rings is 1. The highest BCUT2D eigenvalue weighted by Crippen LogP contribution is 2.21. The number of nitrogens with zero attached hydrogens (tertiary/aromatic N) is 3. The highest BCUT2D eigenvalue weighted by molar-refractivity contribution is 5.38. The summed E-state index contributed by atoms with van der Waals surface area (Å²) in [6, 6.07) is 6.41. The summed E-state index contributed by atoms with van der Waals surface area (Å²) in [5, 5.41) is 9.08. The highest BCUT2D eigenvalue weighted by Gasteiger charge is 2.16. The van der Waals surface area contributed by atoms with E-state index in [-0.39, 0.29) is 5.82 Å². The van der Waals surface area contributed by atoms with Crippen molar-refractivity contribution < 1.29 is 4.39 Å². The fourth-order valence-corrected chi connectivity index (χ4v) is 2.65. The van der Waals surface area contributed by atoms with E-state index in [4.69, 9.17) is 5.26 Å². The van der Waals surface area contributed by atoms with Crippen LogP contribution in [0.3, 0.4) is 0 Å². The molecule has 4 heteroatoms. The van der Waals surface area contributed by atoms with Gasteiger partial charge in [0.1, 0.15) is 5.82 Å². The molecule has 0 radical (unpaired) electrons. The van der Waals surface area contributed by atoms with Gasteiger partial charge in [-0.05, 0) is 49.4 Å². The summed E-state index contributed by atoms with van der Waals surface area (Å²) in [6.07, 6.45) is 6.21. The number of halogens is 1. The van der Waals surface area contributed by atoms with Crippen LogP contribution in [0.2, 0.25) is 0 Å². The van der Waals surface area contributed by atoms with Gasteiger partial charge in [0, 0.05) is 5.69 Å². The summed E-state index contributed by atoms with van der Waals surface area (Å²) in [7, 11) is 0. The lowest BCUT2D eigenvalue weighted by atomic mass is 10.0. The fraction of sp³-hybridized carbons (Fsp3) is 0.333. The van der Waals surface area contributed by atoms with Gasteiger partial charge in [-0.15, -0.1) is 0 Å². The molecule has 0 aliphatic heterocycles. The fourth-order valence-electron chi connectivity index (χ4n) is 2.65. The van der Waals surface area contributed by atoms with Crippen LogP contribution in [0.25, 0.3) is 0 Å². The Bertz CT molecular complexity index is 652. The molecule has 1 aromatic carbocycles. The van der Waals surface area contributed by atoms with Crippen LogP contribution in [0.15, 0.2) is 24.5 Å². The summed E-state index contributed by atoms with van der Waals surface area (Å²) in [5.74, 6) is -0.303. The molecule has 0 spiro atoms. The largest absolute Gasteiger partial charge is 0.330 e. The lowest BCUT2D eigenvalue weighted by Gasteiger charge is -2.14. The smallest absolute Gasteiger partial charge is 0.123 e. The molecule has 0 saturated heterocycles. The van der Waals surface area contributed by atoms with Crippen molar-refractivity contribution in [2.45, 2.75) is 32.2 Å². The average molecular weight is 255 g/mol. The summed E-state index contributed by atoms with van der Waals surface area (Å²) in [5.41, 5.74) is 3.63. The Hall–Kier alpha value is -2.15. The minimum atomic E-state index is -0.303. The number of hydrogen-bond donors (Lipinski definition) is 0. The van der Waals surface area contributed by atoms with Crippen LogP contribution in [-0.2, 0) is 19.4 Å². The van der Waals surface area contributed by atoms with Crippen LogP contribution in [0.5, 0.6) is 0 Å². The van der Waals surface area contributed by atoms with Crippen LogP contribution >= 0.6 is 0 Å². The van der Waals surface area contributed by atoms with Crippen LogP contribution in [0.4, 0.5) is 4.39 Å². The third kappa shape index (κ3) is 2.24. The van der Waals surface area contributed by atoms with Gasteiger partial charge in [0.15, 0.2) is 0 Å². The van der Waals surface area contributed by atoms with Crippen molar-refractivity contribution in [1.29, 1.82) is 5.26 Å². The first kappa shape index (κ1) is 11.9. The number of aryl methyl sites for hydroxylation is 1. The molecule has 1 aromatic heterocycles. The quantitative estimate of drug-likeness (QED) is 0.828. The number of rotatable bonds is 2. The van der Waals surface area contributed by atoms with Crippen LogP contribution in [-0.4, -0.2) is 9.55 Å². The number of aromatic nitrogens is 2. The Kier molecular flexibility index (Phi) is 3.04. The van der Waals surface area contributed by atoms with Crippen molar-refractivity contribution >= 4 is 0 Å². The lowest BCUT2D eigenvalue weighted by molar-refractivity contribution is 0.614. The first-order valence-corrected chi connectivity index (χ1v) is 6.49. The van der Waals surface area contributed by atoms with Crippen LogP contribution < -0.4 is 0 Å². The van der Waals surface area contributed by atoms with E-state index in [1.54, 1.807) is 0 Å². The molecule has 0 fully saturated rings. The molecule has 1 aliphatic rings. The maximum Gasteiger partial charge on any atom is 0.123 e. The van der Waals surface area contributed by atoms with E-state index in [0.717, 1.165) is 18.5 Å². The van der Waals surface area contributed by atoms with Crippen molar-refractivity contribution in [1.82, 2.24) is 9.55 Å². The highest BCUT2D eigenvalue weighted by atomic mass is 19.1. The van der Waals surface area contributed by atoms with E-state index >= 15 is 0 Å². The third-order valence-corrected chi connectivity index (χ3v) is 3.64. The maximum atomic E-state index is 13.3. The Morgan fingerprint density at radius 3 is 3.00 bits per heavy atom. The van der Waals surface area contributed by atoms with Gasteiger partial charge in [-0.2, -0.15) is 5.26 Å². The van der Waals surface area contributed by atoms with Crippen molar-refractivity contribution in [3.63, 3.8) is 0 Å². The molecular formula is C15H14FN3. The summed E-state index contributed by atoms with van der Waals surface area (Å²) < 4.78 is 15.4. The van der Waals surface area contributed by atoms with Gasteiger partial charge in [-0.1, -0.05) is 0 Å². The third-order valence-electron chi connectivity index (χ3n) is 3.64. The van der Waals surface area contributed by atoms with E-state index in [0.29, 0.717) is 17.7 Å². The van der Waals surface area contributed by atoms with Crippen molar-refractivity contribution in [2.24, 2.45) is 0 Å². The summed E-state index contributed by atoms with van der Waals surface area (Å²) in [4.78, 5) is 4.42. The first-order chi connectivity index (χ1) is 9.28. The molecule has 96 valence electrons. The van der Waals surface area contributed by atoms with Gasteiger partial charge >= 0.3 is 0 Å². The Morgan fingerprint density at radius 1 is 1.32 bits per heavy atom. The number of imidazole rings is 1. The molecular weight excluding hydrogens is 241 g/mol. The lowest BCUT2D eigenvalue weighted by Crippen LogP contribution is -2.09. The standard InChI is InChI=1S/C15H14FN3/c16-13-6-5-11(8-17)12(7-13)9-19-10-18-14-3-1-2-4-15(14)19/h5-7,10H,1-4,9H2. The number of fused-ring (bicyclic) bond motifs is 1. The second kappa shape index (κ2) is 4.85. The van der Waals surface area contributed by atoms with E-state index in [2.05, 4.69) is 11.1 Å². The molecule has 0 bridgehead atoms. The zero-order chi connectivity index (χ0) is 13.2. The van der Waals surface area contributed by atoms with Crippen molar-refractivity contribution in [3.05, 3.63) is 52.9 Å². The number of hydrogen-bond acceptors (Lipinski definition) is 2. The predicted octanol–water partition coefficient (Wildman–Crippen LogP) is 2.82. The molecule has 1 heterocycles. The Labute approximate surface area is 111 Å². The van der Waals surface area contributed by atoms with Crippen molar-refractivity contribution in [3.8, 4) is 6.07 Å². The second-order valence-electron chi connectivity index (χ2n) is 4.89. The topological polar surface area (TPSA) is 41.6 Å². The normalized spacial score (nSPS) is 13.9. The van der Waals surface area contributed by atoms with Crippen molar-refractivity contribution in [2.75, 3.05) is 0 Å². The van der Waals surface area contributed by atoms with Gasteiger partial charge in [0.05, 0.1) is 30.2 Å². The molecule has 19 heavy (non-hydrogen) atoms. The first-order valence-electron chi connectivity index (χ1n) is 6.49. The molecule has 3 rings (SSSR count).